The van der Waals surface area contributed by atoms with Gasteiger partial charge >= 0.3 is 0 Å². The molecule has 1 N–H and O–H groups in total. The fourth-order valence-corrected chi connectivity index (χ4v) is 3.12. The third-order valence-electron chi connectivity index (χ3n) is 4.71. The number of carbonyl (C=O) groups is 2. The molecular formula is C20H23FN4O2. The van der Waals surface area contributed by atoms with Crippen LogP contribution < -0.4 is 10.2 Å². The molecule has 27 heavy (non-hydrogen) atoms. The summed E-state index contributed by atoms with van der Waals surface area (Å²) in [5.41, 5.74) is 1.91. The van der Waals surface area contributed by atoms with Gasteiger partial charge in [-0.05, 0) is 24.1 Å². The number of aromatic nitrogens is 1. The number of nitrogens with zero attached hydrogens (tertiary/aromatic N) is 3. The van der Waals surface area contributed by atoms with Gasteiger partial charge in [0.05, 0.1) is 17.4 Å². The van der Waals surface area contributed by atoms with E-state index in [1.807, 2.05) is 4.90 Å². The fourth-order valence-electron chi connectivity index (χ4n) is 3.12. The molecule has 2 amide bonds. The number of piperazine rings is 1. The molecular weight excluding hydrogens is 347 g/mol. The fraction of sp³-hybridized carbons (Fsp3) is 0.350. The lowest BCUT2D eigenvalue weighted by Gasteiger charge is -2.35. The van der Waals surface area contributed by atoms with Gasteiger partial charge in [-0.2, -0.15) is 0 Å². The van der Waals surface area contributed by atoms with Crippen LogP contribution in [0.3, 0.4) is 0 Å². The molecule has 0 spiro atoms. The lowest BCUT2D eigenvalue weighted by Crippen LogP contribution is -2.48. The summed E-state index contributed by atoms with van der Waals surface area (Å²) in [5.74, 6) is -0.418. The molecule has 7 heteroatoms. The second-order valence-corrected chi connectivity index (χ2v) is 6.52. The van der Waals surface area contributed by atoms with Crippen LogP contribution >= 0.6 is 0 Å². The van der Waals surface area contributed by atoms with Crippen LogP contribution in [0.2, 0.25) is 0 Å². The zero-order chi connectivity index (χ0) is 19.2. The van der Waals surface area contributed by atoms with E-state index in [1.54, 1.807) is 37.4 Å². The number of benzene rings is 1. The quantitative estimate of drug-likeness (QED) is 0.873. The van der Waals surface area contributed by atoms with Crippen molar-refractivity contribution in [3.05, 3.63) is 59.7 Å². The summed E-state index contributed by atoms with van der Waals surface area (Å²) in [6.45, 7) is 4.66. The molecule has 1 fully saturated rings. The molecule has 1 aliphatic heterocycles. The minimum atomic E-state index is -0.264. The molecule has 3 rings (SSSR count). The van der Waals surface area contributed by atoms with Gasteiger partial charge in [-0.25, -0.2) is 4.39 Å². The number of amides is 2. The Hall–Kier alpha value is -2.96. The van der Waals surface area contributed by atoms with Crippen molar-refractivity contribution < 1.29 is 14.0 Å². The van der Waals surface area contributed by atoms with Crippen molar-refractivity contribution in [2.75, 3.05) is 37.6 Å². The lowest BCUT2D eigenvalue weighted by molar-refractivity contribution is -0.129. The minimum Gasteiger partial charge on any atom is -0.367 e. The number of pyridine rings is 1. The van der Waals surface area contributed by atoms with E-state index in [0.29, 0.717) is 50.3 Å². The van der Waals surface area contributed by atoms with Crippen molar-refractivity contribution in [3.8, 4) is 0 Å². The first-order chi connectivity index (χ1) is 13.0. The van der Waals surface area contributed by atoms with Crippen molar-refractivity contribution in [2.45, 2.75) is 13.3 Å². The standard InChI is InChI=1S/C20H23FN4O2/c1-15(26)24-8-10-25(11-9-24)18-12-17(13-22-14-18)20(27)23-7-6-16-4-2-3-5-19(16)21/h2-5,12-14H,6-11H2,1H3,(H,23,27). The van der Waals surface area contributed by atoms with Crippen molar-refractivity contribution in [1.82, 2.24) is 15.2 Å². The van der Waals surface area contributed by atoms with Gasteiger partial charge in [0.1, 0.15) is 5.82 Å². The van der Waals surface area contributed by atoms with Crippen molar-refractivity contribution in [1.29, 1.82) is 0 Å². The first-order valence-corrected chi connectivity index (χ1v) is 9.01. The second kappa shape index (κ2) is 8.62. The number of anilines is 1. The van der Waals surface area contributed by atoms with Gasteiger partial charge < -0.3 is 15.1 Å². The third-order valence-corrected chi connectivity index (χ3v) is 4.71. The average Bonchev–Trinajstić information content (AvgIpc) is 2.69. The maximum absolute atomic E-state index is 13.6. The van der Waals surface area contributed by atoms with E-state index >= 15 is 0 Å². The van der Waals surface area contributed by atoms with E-state index in [1.165, 1.54) is 12.3 Å². The van der Waals surface area contributed by atoms with E-state index < -0.39 is 0 Å². The largest absolute Gasteiger partial charge is 0.367 e. The van der Waals surface area contributed by atoms with Crippen molar-refractivity contribution in [3.63, 3.8) is 0 Å². The Bertz CT molecular complexity index is 819. The molecule has 0 aliphatic carbocycles. The number of nitrogens with one attached hydrogen (secondary N) is 1. The van der Waals surface area contributed by atoms with Crippen LogP contribution in [0.4, 0.5) is 10.1 Å². The Balaban J connectivity index is 1.56. The predicted octanol–water partition coefficient (Wildman–Crippen LogP) is 1.86. The molecule has 2 aromatic rings. The summed E-state index contributed by atoms with van der Waals surface area (Å²) in [4.78, 5) is 31.9. The molecule has 6 nitrogen and oxygen atoms in total. The molecule has 0 radical (unpaired) electrons. The molecule has 0 atom stereocenters. The van der Waals surface area contributed by atoms with Crippen LogP contribution in [0.1, 0.15) is 22.8 Å². The first kappa shape index (κ1) is 18.8. The number of carbonyl (C=O) groups excluding carboxylic acids is 2. The van der Waals surface area contributed by atoms with E-state index in [4.69, 9.17) is 0 Å². The summed E-state index contributed by atoms with van der Waals surface area (Å²) in [7, 11) is 0. The van der Waals surface area contributed by atoms with Crippen LogP contribution in [-0.4, -0.2) is 54.4 Å². The zero-order valence-electron chi connectivity index (χ0n) is 15.3. The van der Waals surface area contributed by atoms with Crippen molar-refractivity contribution in [2.24, 2.45) is 0 Å². The number of halogens is 1. The molecule has 0 bridgehead atoms. The van der Waals surface area contributed by atoms with Crippen molar-refractivity contribution >= 4 is 17.5 Å². The molecule has 1 aromatic carbocycles. The highest BCUT2D eigenvalue weighted by Crippen LogP contribution is 2.17. The highest BCUT2D eigenvalue weighted by atomic mass is 19.1. The summed E-state index contributed by atoms with van der Waals surface area (Å²) in [6, 6.07) is 8.35. The minimum absolute atomic E-state index is 0.0794. The Morgan fingerprint density at radius 2 is 1.89 bits per heavy atom. The summed E-state index contributed by atoms with van der Waals surface area (Å²) in [6.07, 6.45) is 3.67. The van der Waals surface area contributed by atoms with Gasteiger partial charge in [0.25, 0.3) is 5.91 Å². The lowest BCUT2D eigenvalue weighted by atomic mass is 10.1. The normalized spacial score (nSPS) is 14.1. The molecule has 1 aliphatic rings. The molecule has 1 aromatic heterocycles. The van der Waals surface area contributed by atoms with Crippen LogP contribution in [0, 0.1) is 5.82 Å². The van der Waals surface area contributed by atoms with Gasteiger partial charge in [-0.1, -0.05) is 18.2 Å². The second-order valence-electron chi connectivity index (χ2n) is 6.52. The Morgan fingerprint density at radius 1 is 1.15 bits per heavy atom. The van der Waals surface area contributed by atoms with Gasteiger partial charge in [0, 0.05) is 45.8 Å². The summed E-state index contributed by atoms with van der Waals surface area (Å²) < 4.78 is 13.6. The monoisotopic (exact) mass is 370 g/mol. The van der Waals surface area contributed by atoms with Gasteiger partial charge in [-0.3, -0.25) is 14.6 Å². The molecule has 142 valence electrons. The van der Waals surface area contributed by atoms with Gasteiger partial charge in [-0.15, -0.1) is 0 Å². The average molecular weight is 370 g/mol. The Morgan fingerprint density at radius 3 is 2.59 bits per heavy atom. The van der Waals surface area contributed by atoms with E-state index in [-0.39, 0.29) is 17.6 Å². The molecule has 2 heterocycles. The number of hydrogen-bond acceptors (Lipinski definition) is 4. The van der Waals surface area contributed by atoms with Crippen LogP contribution in [-0.2, 0) is 11.2 Å². The van der Waals surface area contributed by atoms with E-state index in [0.717, 1.165) is 5.69 Å². The summed E-state index contributed by atoms with van der Waals surface area (Å²) >= 11 is 0. The van der Waals surface area contributed by atoms with Crippen LogP contribution in [0.15, 0.2) is 42.7 Å². The van der Waals surface area contributed by atoms with Crippen LogP contribution in [0.5, 0.6) is 0 Å². The topological polar surface area (TPSA) is 65.5 Å². The molecule has 0 saturated carbocycles. The highest BCUT2D eigenvalue weighted by Gasteiger charge is 2.19. The Kier molecular flexibility index (Phi) is 6.01. The van der Waals surface area contributed by atoms with Gasteiger partial charge in [0.2, 0.25) is 5.91 Å². The number of hydrogen-bond donors (Lipinski definition) is 1. The zero-order valence-corrected chi connectivity index (χ0v) is 15.3. The Labute approximate surface area is 158 Å². The first-order valence-electron chi connectivity index (χ1n) is 9.01. The van der Waals surface area contributed by atoms with E-state index in [2.05, 4.69) is 15.2 Å². The van der Waals surface area contributed by atoms with E-state index in [9.17, 15) is 14.0 Å². The molecule has 0 unspecified atom stereocenters. The SMILES string of the molecule is CC(=O)N1CCN(c2cncc(C(=O)NCCc3ccccc3F)c2)CC1. The number of rotatable bonds is 5. The maximum atomic E-state index is 13.6. The molecule has 1 saturated heterocycles. The smallest absolute Gasteiger partial charge is 0.252 e. The van der Waals surface area contributed by atoms with Crippen LogP contribution in [0.25, 0.3) is 0 Å². The maximum Gasteiger partial charge on any atom is 0.252 e. The van der Waals surface area contributed by atoms with Gasteiger partial charge in [0.15, 0.2) is 0 Å². The summed E-state index contributed by atoms with van der Waals surface area (Å²) in [5, 5.41) is 2.81. The third kappa shape index (κ3) is 4.81. The highest BCUT2D eigenvalue weighted by molar-refractivity contribution is 5.94. The predicted molar refractivity (Wildman–Crippen MR) is 101 cm³/mol.